The van der Waals surface area contributed by atoms with Crippen molar-refractivity contribution in [3.8, 4) is 0 Å². The molecule has 2 aliphatic rings. The summed E-state index contributed by atoms with van der Waals surface area (Å²) in [4.78, 5) is 0. The van der Waals surface area contributed by atoms with E-state index in [1.54, 1.807) is 6.42 Å². The molecule has 2 fully saturated rings. The van der Waals surface area contributed by atoms with E-state index in [-0.39, 0.29) is 0 Å². The first-order valence-corrected chi connectivity index (χ1v) is 6.03. The monoisotopic (exact) mass is 181 g/mol. The molecule has 0 aromatic heterocycles. The predicted octanol–water partition coefficient (Wildman–Crippen LogP) is 2.81. The summed E-state index contributed by atoms with van der Waals surface area (Å²) in [6.45, 7) is 1.23. The standard InChI is InChI=1S/C12H23N/c1-13-6-5-12-8-10-3-2-4-11(7-10)9-12/h10-13H,2-9H2,1H3. The SMILES string of the molecule is CNCCC1CC2CCCC(C2)C1. The maximum Gasteiger partial charge on any atom is -0.00493 e. The molecule has 1 N–H and O–H groups in total. The Bertz CT molecular complexity index is 143. The molecule has 0 saturated heterocycles. The minimum absolute atomic E-state index is 1.05. The Labute approximate surface area is 82.3 Å². The van der Waals surface area contributed by atoms with Gasteiger partial charge in [-0.25, -0.2) is 0 Å². The molecule has 2 atom stereocenters. The Morgan fingerprint density at radius 2 is 1.77 bits per heavy atom. The van der Waals surface area contributed by atoms with Gasteiger partial charge in [-0.1, -0.05) is 19.3 Å². The smallest absolute Gasteiger partial charge is 0.00493 e. The lowest BCUT2D eigenvalue weighted by atomic mass is 9.67. The van der Waals surface area contributed by atoms with E-state index in [1.165, 1.54) is 45.1 Å². The van der Waals surface area contributed by atoms with Crippen molar-refractivity contribution in [3.05, 3.63) is 0 Å². The summed E-state index contributed by atoms with van der Waals surface area (Å²) >= 11 is 0. The quantitative estimate of drug-likeness (QED) is 0.706. The van der Waals surface area contributed by atoms with Crippen LogP contribution in [-0.2, 0) is 0 Å². The fraction of sp³-hybridized carbons (Fsp3) is 1.00. The zero-order valence-electron chi connectivity index (χ0n) is 8.89. The lowest BCUT2D eigenvalue weighted by molar-refractivity contribution is 0.132. The van der Waals surface area contributed by atoms with Gasteiger partial charge in [-0.05, 0) is 57.0 Å². The van der Waals surface area contributed by atoms with Crippen LogP contribution in [0.3, 0.4) is 0 Å². The number of rotatable bonds is 3. The Balaban J connectivity index is 1.80. The first-order chi connectivity index (χ1) is 6.38. The maximum absolute atomic E-state index is 3.28. The van der Waals surface area contributed by atoms with Crippen LogP contribution in [0.2, 0.25) is 0 Å². The molecule has 0 aliphatic heterocycles. The number of hydrogen-bond acceptors (Lipinski definition) is 1. The van der Waals surface area contributed by atoms with E-state index in [0.29, 0.717) is 0 Å². The third kappa shape index (κ3) is 2.46. The average molecular weight is 181 g/mol. The van der Waals surface area contributed by atoms with Crippen LogP contribution in [0.15, 0.2) is 0 Å². The van der Waals surface area contributed by atoms with Gasteiger partial charge >= 0.3 is 0 Å². The zero-order valence-corrected chi connectivity index (χ0v) is 8.89. The van der Waals surface area contributed by atoms with Crippen LogP contribution in [-0.4, -0.2) is 13.6 Å². The third-order valence-corrected chi connectivity index (χ3v) is 4.03. The molecule has 2 unspecified atom stereocenters. The van der Waals surface area contributed by atoms with Gasteiger partial charge in [0.25, 0.3) is 0 Å². The minimum atomic E-state index is 1.05. The van der Waals surface area contributed by atoms with Crippen molar-refractivity contribution < 1.29 is 0 Å². The predicted molar refractivity (Wildman–Crippen MR) is 56.7 cm³/mol. The summed E-state index contributed by atoms with van der Waals surface area (Å²) < 4.78 is 0. The largest absolute Gasteiger partial charge is 0.320 e. The van der Waals surface area contributed by atoms with Gasteiger partial charge in [-0.15, -0.1) is 0 Å². The molecule has 2 bridgehead atoms. The van der Waals surface area contributed by atoms with Gasteiger partial charge in [0, 0.05) is 0 Å². The summed E-state index contributed by atoms with van der Waals surface area (Å²) in [6, 6.07) is 0. The van der Waals surface area contributed by atoms with E-state index in [4.69, 9.17) is 0 Å². The van der Waals surface area contributed by atoms with Gasteiger partial charge in [0.1, 0.15) is 0 Å². The molecule has 0 heterocycles. The second kappa shape index (κ2) is 4.45. The average Bonchev–Trinajstić information content (AvgIpc) is 2.14. The van der Waals surface area contributed by atoms with Gasteiger partial charge in [-0.3, -0.25) is 0 Å². The van der Waals surface area contributed by atoms with Crippen molar-refractivity contribution in [2.45, 2.75) is 44.9 Å². The topological polar surface area (TPSA) is 12.0 Å². The van der Waals surface area contributed by atoms with Crippen molar-refractivity contribution in [2.24, 2.45) is 17.8 Å². The van der Waals surface area contributed by atoms with Crippen molar-refractivity contribution in [1.82, 2.24) is 5.32 Å². The van der Waals surface area contributed by atoms with Gasteiger partial charge in [0.15, 0.2) is 0 Å². The highest BCUT2D eigenvalue weighted by Gasteiger charge is 2.31. The zero-order chi connectivity index (χ0) is 9.10. The van der Waals surface area contributed by atoms with Crippen molar-refractivity contribution in [2.75, 3.05) is 13.6 Å². The fourth-order valence-corrected chi connectivity index (χ4v) is 3.45. The Kier molecular flexibility index (Phi) is 3.26. The molecule has 2 saturated carbocycles. The Morgan fingerprint density at radius 3 is 2.38 bits per heavy atom. The highest BCUT2D eigenvalue weighted by atomic mass is 14.8. The molecular formula is C12H23N. The first-order valence-electron chi connectivity index (χ1n) is 6.03. The van der Waals surface area contributed by atoms with E-state index in [0.717, 1.165) is 17.8 Å². The van der Waals surface area contributed by atoms with E-state index >= 15 is 0 Å². The molecule has 0 aromatic carbocycles. The molecule has 2 aliphatic carbocycles. The van der Waals surface area contributed by atoms with E-state index in [2.05, 4.69) is 12.4 Å². The highest BCUT2D eigenvalue weighted by Crippen LogP contribution is 2.43. The van der Waals surface area contributed by atoms with Crippen LogP contribution in [0.1, 0.15) is 44.9 Å². The highest BCUT2D eigenvalue weighted by molar-refractivity contribution is 4.83. The molecule has 76 valence electrons. The normalized spacial score (nSPS) is 39.0. The summed E-state index contributed by atoms with van der Waals surface area (Å²) in [5, 5.41) is 3.28. The van der Waals surface area contributed by atoms with Crippen molar-refractivity contribution in [1.29, 1.82) is 0 Å². The summed E-state index contributed by atoms with van der Waals surface area (Å²) in [7, 11) is 2.07. The fourth-order valence-electron chi connectivity index (χ4n) is 3.45. The molecule has 1 heteroatoms. The van der Waals surface area contributed by atoms with Crippen LogP contribution in [0.4, 0.5) is 0 Å². The van der Waals surface area contributed by atoms with Crippen molar-refractivity contribution >= 4 is 0 Å². The first kappa shape index (κ1) is 9.51. The molecule has 0 radical (unpaired) electrons. The summed E-state index contributed by atoms with van der Waals surface area (Å²) in [5.74, 6) is 3.26. The minimum Gasteiger partial charge on any atom is -0.320 e. The molecule has 1 nitrogen and oxygen atoms in total. The number of fused-ring (bicyclic) bond motifs is 2. The maximum atomic E-state index is 3.28. The second-order valence-electron chi connectivity index (χ2n) is 5.13. The van der Waals surface area contributed by atoms with Crippen LogP contribution < -0.4 is 5.32 Å². The van der Waals surface area contributed by atoms with Crippen LogP contribution in [0, 0.1) is 17.8 Å². The summed E-state index contributed by atoms with van der Waals surface area (Å²) in [5.41, 5.74) is 0. The lowest BCUT2D eigenvalue weighted by Gasteiger charge is -2.39. The molecule has 13 heavy (non-hydrogen) atoms. The third-order valence-electron chi connectivity index (χ3n) is 4.03. The molecule has 0 aromatic rings. The second-order valence-corrected chi connectivity index (χ2v) is 5.13. The van der Waals surface area contributed by atoms with Gasteiger partial charge < -0.3 is 5.32 Å². The number of nitrogens with one attached hydrogen (secondary N) is 1. The van der Waals surface area contributed by atoms with Crippen molar-refractivity contribution in [3.63, 3.8) is 0 Å². The van der Waals surface area contributed by atoms with E-state index in [1.807, 2.05) is 0 Å². The lowest BCUT2D eigenvalue weighted by Crippen LogP contribution is -2.28. The van der Waals surface area contributed by atoms with E-state index in [9.17, 15) is 0 Å². The van der Waals surface area contributed by atoms with E-state index < -0.39 is 0 Å². The van der Waals surface area contributed by atoms with Crippen LogP contribution >= 0.6 is 0 Å². The Hall–Kier alpha value is -0.0400. The van der Waals surface area contributed by atoms with Crippen LogP contribution in [0.25, 0.3) is 0 Å². The molecular weight excluding hydrogens is 158 g/mol. The summed E-state index contributed by atoms with van der Waals surface area (Å²) in [6.07, 6.45) is 10.7. The van der Waals surface area contributed by atoms with Gasteiger partial charge in [0.05, 0.1) is 0 Å². The number of hydrogen-bond donors (Lipinski definition) is 1. The van der Waals surface area contributed by atoms with Gasteiger partial charge in [0.2, 0.25) is 0 Å². The molecule has 0 spiro atoms. The van der Waals surface area contributed by atoms with Crippen LogP contribution in [0.5, 0.6) is 0 Å². The molecule has 2 rings (SSSR count). The Morgan fingerprint density at radius 1 is 1.08 bits per heavy atom. The molecule has 0 amide bonds. The van der Waals surface area contributed by atoms with Gasteiger partial charge in [-0.2, -0.15) is 0 Å².